The summed E-state index contributed by atoms with van der Waals surface area (Å²) in [5, 5.41) is 9.58. The van der Waals surface area contributed by atoms with E-state index < -0.39 is 21.7 Å². The number of hydrogen-bond donors (Lipinski definition) is 2. The first-order valence-electron chi connectivity index (χ1n) is 4.98. The highest BCUT2D eigenvalue weighted by Crippen LogP contribution is 2.21. The van der Waals surface area contributed by atoms with E-state index in [0.717, 1.165) is 0 Å². The largest absolute Gasteiger partial charge is 0.391 e. The minimum Gasteiger partial charge on any atom is -0.391 e. The Morgan fingerprint density at radius 1 is 1.53 bits per heavy atom. The van der Waals surface area contributed by atoms with E-state index in [1.165, 1.54) is 25.4 Å². The summed E-state index contributed by atoms with van der Waals surface area (Å²) in [5.74, 6) is 0. The Balaban J connectivity index is 3.11. The molecule has 1 aromatic heterocycles. The molecule has 0 aliphatic rings. The second-order valence-corrected chi connectivity index (χ2v) is 6.37. The summed E-state index contributed by atoms with van der Waals surface area (Å²) in [6.07, 6.45) is 1.73. The smallest absolute Gasteiger partial charge is 0.244 e. The number of sulfonamides is 1. The zero-order valence-electron chi connectivity index (χ0n) is 9.81. The van der Waals surface area contributed by atoms with Gasteiger partial charge in [-0.25, -0.2) is 13.1 Å². The van der Waals surface area contributed by atoms with Crippen molar-refractivity contribution in [2.75, 3.05) is 0 Å². The van der Waals surface area contributed by atoms with E-state index in [1.807, 2.05) is 0 Å². The van der Waals surface area contributed by atoms with Gasteiger partial charge in [-0.2, -0.15) is 0 Å². The molecule has 2 N–H and O–H groups in total. The van der Waals surface area contributed by atoms with Crippen molar-refractivity contribution in [2.24, 2.45) is 0 Å². The number of nitrogens with one attached hydrogen (secondary N) is 1. The highest BCUT2D eigenvalue weighted by Gasteiger charge is 2.31. The normalized spacial score (nSPS) is 14.6. The summed E-state index contributed by atoms with van der Waals surface area (Å²) in [7, 11) is -3.80. The summed E-state index contributed by atoms with van der Waals surface area (Å²) in [4.78, 5) is 3.62. The first kappa shape index (κ1) is 14.4. The summed E-state index contributed by atoms with van der Waals surface area (Å²) in [5.41, 5.74) is -0.988. The van der Waals surface area contributed by atoms with Crippen LogP contribution >= 0.6 is 11.6 Å². The molecule has 0 radical (unpaired) electrons. The number of halogens is 1. The predicted molar refractivity (Wildman–Crippen MR) is 65.3 cm³/mol. The number of nitrogens with zero attached hydrogens (tertiary/aromatic N) is 1. The van der Waals surface area contributed by atoms with Crippen LogP contribution in [0.5, 0.6) is 0 Å². The fourth-order valence-electron chi connectivity index (χ4n) is 1.05. The van der Waals surface area contributed by atoms with Crippen molar-refractivity contribution in [1.29, 1.82) is 0 Å². The van der Waals surface area contributed by atoms with Gasteiger partial charge in [0.05, 0.1) is 16.7 Å². The molecule has 1 rings (SSSR count). The molecule has 0 amide bonds. The van der Waals surface area contributed by atoms with Crippen molar-refractivity contribution in [2.45, 2.75) is 37.3 Å². The summed E-state index contributed by atoms with van der Waals surface area (Å²) in [6.45, 7) is 4.67. The minimum atomic E-state index is -3.80. The number of aliphatic hydroxyl groups is 1. The first-order valence-corrected chi connectivity index (χ1v) is 6.84. The van der Waals surface area contributed by atoms with E-state index in [-0.39, 0.29) is 9.92 Å². The van der Waals surface area contributed by atoms with Crippen LogP contribution in [0.25, 0.3) is 0 Å². The van der Waals surface area contributed by atoms with Gasteiger partial charge in [-0.15, -0.1) is 0 Å². The third-order valence-corrected chi connectivity index (χ3v) is 4.61. The molecule has 96 valence electrons. The Morgan fingerprint density at radius 3 is 2.59 bits per heavy atom. The average Bonchev–Trinajstić information content (AvgIpc) is 2.16. The van der Waals surface area contributed by atoms with E-state index in [4.69, 9.17) is 11.6 Å². The lowest BCUT2D eigenvalue weighted by molar-refractivity contribution is 0.111. The van der Waals surface area contributed by atoms with Gasteiger partial charge in [0.1, 0.15) is 4.90 Å². The molecule has 1 heterocycles. The molecule has 0 saturated carbocycles. The van der Waals surface area contributed by atoms with Crippen molar-refractivity contribution in [1.82, 2.24) is 9.71 Å². The number of aromatic nitrogens is 1. The lowest BCUT2D eigenvalue weighted by Crippen LogP contribution is -2.50. The van der Waals surface area contributed by atoms with Crippen molar-refractivity contribution in [3.8, 4) is 0 Å². The Morgan fingerprint density at radius 2 is 2.12 bits per heavy atom. The lowest BCUT2D eigenvalue weighted by Gasteiger charge is -2.28. The first-order chi connectivity index (χ1) is 7.67. The number of rotatable bonds is 4. The Kier molecular flexibility index (Phi) is 4.14. The third-order valence-electron chi connectivity index (χ3n) is 2.47. The van der Waals surface area contributed by atoms with Gasteiger partial charge in [-0.3, -0.25) is 4.98 Å². The number of aliphatic hydroxyl groups excluding tert-OH is 1. The Bertz CT molecular complexity index is 500. The van der Waals surface area contributed by atoms with E-state index in [9.17, 15) is 13.5 Å². The molecule has 7 heteroatoms. The van der Waals surface area contributed by atoms with Gasteiger partial charge in [0, 0.05) is 12.4 Å². The zero-order chi connectivity index (χ0) is 13.3. The SMILES string of the molecule is CC(O)C(C)(C)NS(=O)(=O)c1cnccc1Cl. The molecule has 0 aliphatic heterocycles. The molecule has 0 aromatic carbocycles. The van der Waals surface area contributed by atoms with E-state index in [1.54, 1.807) is 13.8 Å². The van der Waals surface area contributed by atoms with Crippen LogP contribution in [-0.2, 0) is 10.0 Å². The van der Waals surface area contributed by atoms with E-state index in [2.05, 4.69) is 9.71 Å². The molecular formula is C10H15ClN2O3S. The van der Waals surface area contributed by atoms with Crippen molar-refractivity contribution >= 4 is 21.6 Å². The fraction of sp³-hybridized carbons (Fsp3) is 0.500. The predicted octanol–water partition coefficient (Wildman–Crippen LogP) is 1.17. The Labute approximate surface area is 106 Å². The van der Waals surface area contributed by atoms with Crippen LogP contribution in [0.15, 0.2) is 23.4 Å². The third kappa shape index (κ3) is 3.38. The second-order valence-electron chi connectivity index (χ2n) is 4.31. The van der Waals surface area contributed by atoms with Gasteiger partial charge in [0.2, 0.25) is 10.0 Å². The van der Waals surface area contributed by atoms with Gasteiger partial charge in [0.25, 0.3) is 0 Å². The summed E-state index contributed by atoms with van der Waals surface area (Å²) < 4.78 is 26.4. The van der Waals surface area contributed by atoms with E-state index in [0.29, 0.717) is 0 Å². The van der Waals surface area contributed by atoms with Crippen LogP contribution in [0.3, 0.4) is 0 Å². The van der Waals surface area contributed by atoms with Crippen LogP contribution in [-0.4, -0.2) is 30.2 Å². The molecule has 1 atom stereocenters. The maximum atomic E-state index is 12.0. The second kappa shape index (κ2) is 4.89. The van der Waals surface area contributed by atoms with Crippen LogP contribution in [0.4, 0.5) is 0 Å². The highest BCUT2D eigenvalue weighted by molar-refractivity contribution is 7.89. The topological polar surface area (TPSA) is 79.3 Å². The van der Waals surface area contributed by atoms with E-state index >= 15 is 0 Å². The Hall–Kier alpha value is -0.690. The van der Waals surface area contributed by atoms with Crippen LogP contribution in [0.1, 0.15) is 20.8 Å². The maximum Gasteiger partial charge on any atom is 0.244 e. The summed E-state index contributed by atoms with van der Waals surface area (Å²) >= 11 is 5.80. The average molecular weight is 279 g/mol. The van der Waals surface area contributed by atoms with Gasteiger partial charge >= 0.3 is 0 Å². The molecule has 0 bridgehead atoms. The molecule has 0 aliphatic carbocycles. The number of pyridine rings is 1. The zero-order valence-corrected chi connectivity index (χ0v) is 11.4. The molecule has 5 nitrogen and oxygen atoms in total. The standard InChI is InChI=1S/C10H15ClN2O3S/c1-7(14)10(2,3)13-17(15,16)9-6-12-5-4-8(9)11/h4-7,13-14H,1-3H3. The van der Waals surface area contributed by atoms with Gasteiger partial charge in [-0.1, -0.05) is 11.6 Å². The summed E-state index contributed by atoms with van der Waals surface area (Å²) in [6, 6.07) is 1.39. The molecule has 17 heavy (non-hydrogen) atoms. The quantitative estimate of drug-likeness (QED) is 0.867. The molecule has 0 saturated heterocycles. The van der Waals surface area contributed by atoms with Gasteiger partial charge < -0.3 is 5.11 Å². The molecular weight excluding hydrogens is 264 g/mol. The van der Waals surface area contributed by atoms with Crippen molar-refractivity contribution < 1.29 is 13.5 Å². The minimum absolute atomic E-state index is 0.0916. The van der Waals surface area contributed by atoms with Crippen LogP contribution in [0, 0.1) is 0 Å². The molecule has 1 unspecified atom stereocenters. The number of hydrogen-bond acceptors (Lipinski definition) is 4. The molecule has 0 spiro atoms. The van der Waals surface area contributed by atoms with Gasteiger partial charge in [0.15, 0.2) is 0 Å². The van der Waals surface area contributed by atoms with Crippen molar-refractivity contribution in [3.05, 3.63) is 23.5 Å². The molecule has 1 aromatic rings. The highest BCUT2D eigenvalue weighted by atomic mass is 35.5. The van der Waals surface area contributed by atoms with Crippen molar-refractivity contribution in [3.63, 3.8) is 0 Å². The lowest BCUT2D eigenvalue weighted by atomic mass is 10.0. The molecule has 0 fully saturated rings. The fourth-order valence-corrected chi connectivity index (χ4v) is 2.95. The monoisotopic (exact) mass is 278 g/mol. The maximum absolute atomic E-state index is 12.0. The van der Waals surface area contributed by atoms with Crippen LogP contribution in [0.2, 0.25) is 5.02 Å². The van der Waals surface area contributed by atoms with Crippen LogP contribution < -0.4 is 4.72 Å². The van der Waals surface area contributed by atoms with Gasteiger partial charge in [-0.05, 0) is 26.8 Å².